The smallest absolute Gasteiger partial charge is 0.0595 e. The Bertz CT molecular complexity index is 146. The lowest BCUT2D eigenvalue weighted by atomic mass is 9.94. The van der Waals surface area contributed by atoms with E-state index in [0.717, 1.165) is 13.1 Å². The van der Waals surface area contributed by atoms with Gasteiger partial charge in [-0.05, 0) is 19.4 Å². The molecule has 14 heavy (non-hydrogen) atoms. The van der Waals surface area contributed by atoms with Crippen LogP contribution in [0.1, 0.15) is 39.0 Å². The summed E-state index contributed by atoms with van der Waals surface area (Å²) in [6.07, 6.45) is 6.73. The van der Waals surface area contributed by atoms with Crippen LogP contribution in [-0.4, -0.2) is 41.8 Å². The van der Waals surface area contributed by atoms with Crippen LogP contribution in [0.3, 0.4) is 0 Å². The minimum atomic E-state index is -0.0723. The lowest BCUT2D eigenvalue weighted by molar-refractivity contribution is 0.137. The van der Waals surface area contributed by atoms with Crippen molar-refractivity contribution in [1.29, 1.82) is 0 Å². The number of hydrogen-bond acceptors (Lipinski definition) is 3. The molecule has 84 valence electrons. The number of aliphatic hydroxyl groups excluding tert-OH is 1. The third-order valence-electron chi connectivity index (χ3n) is 3.20. The van der Waals surface area contributed by atoms with Gasteiger partial charge in [-0.2, -0.15) is 0 Å². The van der Waals surface area contributed by atoms with Crippen LogP contribution in [0, 0.1) is 0 Å². The van der Waals surface area contributed by atoms with E-state index >= 15 is 0 Å². The van der Waals surface area contributed by atoms with Crippen LogP contribution in [-0.2, 0) is 0 Å². The molecule has 1 rings (SSSR count). The molecule has 3 nitrogen and oxygen atoms in total. The molecule has 1 atom stereocenters. The SMILES string of the molecule is CCN(CC(N)CO)C1CCCCC1. The number of likely N-dealkylation sites (N-methyl/N-ethyl adjacent to an activating group) is 1. The van der Waals surface area contributed by atoms with Crippen molar-refractivity contribution in [1.82, 2.24) is 4.90 Å². The molecule has 1 saturated carbocycles. The maximum Gasteiger partial charge on any atom is 0.0595 e. The van der Waals surface area contributed by atoms with E-state index in [1.807, 2.05) is 0 Å². The van der Waals surface area contributed by atoms with Crippen LogP contribution >= 0.6 is 0 Å². The van der Waals surface area contributed by atoms with Crippen LogP contribution in [0.4, 0.5) is 0 Å². The molecule has 1 unspecified atom stereocenters. The molecule has 1 aliphatic rings. The highest BCUT2D eigenvalue weighted by Crippen LogP contribution is 2.22. The first-order chi connectivity index (χ1) is 6.77. The first kappa shape index (κ1) is 12.0. The molecular formula is C11H24N2O. The Hall–Kier alpha value is -0.120. The van der Waals surface area contributed by atoms with Gasteiger partial charge in [0.2, 0.25) is 0 Å². The molecule has 0 aliphatic heterocycles. The molecule has 1 aliphatic carbocycles. The number of hydrogen-bond donors (Lipinski definition) is 2. The van der Waals surface area contributed by atoms with Crippen molar-refractivity contribution in [2.24, 2.45) is 5.73 Å². The quantitative estimate of drug-likeness (QED) is 0.695. The Morgan fingerprint density at radius 1 is 1.36 bits per heavy atom. The third kappa shape index (κ3) is 3.56. The summed E-state index contributed by atoms with van der Waals surface area (Å²) in [5.74, 6) is 0. The summed E-state index contributed by atoms with van der Waals surface area (Å²) in [5, 5.41) is 8.93. The number of nitrogens with zero attached hydrogens (tertiary/aromatic N) is 1. The molecule has 0 aromatic carbocycles. The second-order valence-corrected chi connectivity index (χ2v) is 4.32. The van der Waals surface area contributed by atoms with Crippen molar-refractivity contribution in [3.63, 3.8) is 0 Å². The van der Waals surface area contributed by atoms with E-state index in [4.69, 9.17) is 10.8 Å². The second-order valence-electron chi connectivity index (χ2n) is 4.32. The van der Waals surface area contributed by atoms with Gasteiger partial charge in [0.05, 0.1) is 6.61 Å². The van der Waals surface area contributed by atoms with Gasteiger partial charge >= 0.3 is 0 Å². The Labute approximate surface area is 87.3 Å². The molecular weight excluding hydrogens is 176 g/mol. The van der Waals surface area contributed by atoms with Gasteiger partial charge in [-0.15, -0.1) is 0 Å². The Morgan fingerprint density at radius 2 is 2.00 bits per heavy atom. The summed E-state index contributed by atoms with van der Waals surface area (Å²) in [5.41, 5.74) is 5.76. The van der Waals surface area contributed by atoms with Crippen molar-refractivity contribution >= 4 is 0 Å². The van der Waals surface area contributed by atoms with Gasteiger partial charge in [-0.3, -0.25) is 4.90 Å². The van der Waals surface area contributed by atoms with E-state index in [0.29, 0.717) is 6.04 Å². The van der Waals surface area contributed by atoms with Crippen LogP contribution in [0.15, 0.2) is 0 Å². The van der Waals surface area contributed by atoms with E-state index in [9.17, 15) is 0 Å². The highest BCUT2D eigenvalue weighted by Gasteiger charge is 2.20. The molecule has 0 spiro atoms. The first-order valence-electron chi connectivity index (χ1n) is 5.88. The van der Waals surface area contributed by atoms with Crippen molar-refractivity contribution < 1.29 is 5.11 Å². The zero-order valence-corrected chi connectivity index (χ0v) is 9.28. The maximum absolute atomic E-state index is 8.93. The van der Waals surface area contributed by atoms with Crippen molar-refractivity contribution in [2.75, 3.05) is 19.7 Å². The topological polar surface area (TPSA) is 49.5 Å². The third-order valence-corrected chi connectivity index (χ3v) is 3.20. The molecule has 0 heterocycles. The molecule has 0 saturated heterocycles. The Balaban J connectivity index is 2.35. The Morgan fingerprint density at radius 3 is 2.50 bits per heavy atom. The van der Waals surface area contributed by atoms with Crippen molar-refractivity contribution in [3.05, 3.63) is 0 Å². The van der Waals surface area contributed by atoms with Crippen LogP contribution in [0.5, 0.6) is 0 Å². The minimum absolute atomic E-state index is 0.0723. The highest BCUT2D eigenvalue weighted by molar-refractivity contribution is 4.77. The number of rotatable bonds is 5. The standard InChI is InChI=1S/C11H24N2O/c1-2-13(8-10(12)9-14)11-6-4-3-5-7-11/h10-11,14H,2-9,12H2,1H3. The molecule has 1 fully saturated rings. The average molecular weight is 200 g/mol. The minimum Gasteiger partial charge on any atom is -0.395 e. The number of aliphatic hydroxyl groups is 1. The zero-order valence-electron chi connectivity index (χ0n) is 9.28. The summed E-state index contributed by atoms with van der Waals surface area (Å²) < 4.78 is 0. The highest BCUT2D eigenvalue weighted by atomic mass is 16.3. The molecule has 0 aromatic heterocycles. The predicted octanol–water partition coefficient (Wildman–Crippen LogP) is 0.961. The van der Waals surface area contributed by atoms with Gasteiger partial charge in [-0.1, -0.05) is 26.2 Å². The predicted molar refractivity (Wildman–Crippen MR) is 59.2 cm³/mol. The second kappa shape index (κ2) is 6.38. The van der Waals surface area contributed by atoms with Gasteiger partial charge in [0.15, 0.2) is 0 Å². The molecule has 0 amide bonds. The normalized spacial score (nSPS) is 21.4. The van der Waals surface area contributed by atoms with Gasteiger partial charge < -0.3 is 10.8 Å². The summed E-state index contributed by atoms with van der Waals surface area (Å²) in [6, 6.07) is 0.642. The fraction of sp³-hybridized carbons (Fsp3) is 1.00. The van der Waals surface area contributed by atoms with Gasteiger partial charge in [0.1, 0.15) is 0 Å². The molecule has 0 bridgehead atoms. The van der Waals surface area contributed by atoms with E-state index in [1.165, 1.54) is 32.1 Å². The fourth-order valence-corrected chi connectivity index (χ4v) is 2.34. The van der Waals surface area contributed by atoms with Gasteiger partial charge in [-0.25, -0.2) is 0 Å². The average Bonchev–Trinajstić information content (AvgIpc) is 2.26. The van der Waals surface area contributed by atoms with Crippen LogP contribution in [0.25, 0.3) is 0 Å². The number of nitrogens with two attached hydrogens (primary N) is 1. The summed E-state index contributed by atoms with van der Waals surface area (Å²) in [6.45, 7) is 4.18. The lowest BCUT2D eigenvalue weighted by Crippen LogP contribution is -2.45. The molecule has 0 radical (unpaired) electrons. The first-order valence-corrected chi connectivity index (χ1v) is 5.88. The molecule has 3 N–H and O–H groups in total. The summed E-state index contributed by atoms with van der Waals surface area (Å²) in [4.78, 5) is 2.43. The monoisotopic (exact) mass is 200 g/mol. The van der Waals surface area contributed by atoms with E-state index in [-0.39, 0.29) is 12.6 Å². The molecule has 3 heteroatoms. The lowest BCUT2D eigenvalue weighted by Gasteiger charge is -2.34. The summed E-state index contributed by atoms with van der Waals surface area (Å²) in [7, 11) is 0. The van der Waals surface area contributed by atoms with E-state index in [2.05, 4.69) is 11.8 Å². The molecule has 0 aromatic rings. The largest absolute Gasteiger partial charge is 0.395 e. The fourth-order valence-electron chi connectivity index (χ4n) is 2.34. The van der Waals surface area contributed by atoms with E-state index < -0.39 is 0 Å². The van der Waals surface area contributed by atoms with Crippen LogP contribution < -0.4 is 5.73 Å². The van der Waals surface area contributed by atoms with Crippen LogP contribution in [0.2, 0.25) is 0 Å². The van der Waals surface area contributed by atoms with Crippen molar-refractivity contribution in [2.45, 2.75) is 51.1 Å². The summed E-state index contributed by atoms with van der Waals surface area (Å²) >= 11 is 0. The van der Waals surface area contributed by atoms with E-state index in [1.54, 1.807) is 0 Å². The van der Waals surface area contributed by atoms with Gasteiger partial charge in [0, 0.05) is 18.6 Å². The van der Waals surface area contributed by atoms with Gasteiger partial charge in [0.25, 0.3) is 0 Å². The zero-order chi connectivity index (χ0) is 10.4. The maximum atomic E-state index is 8.93. The Kier molecular flexibility index (Phi) is 5.45. The van der Waals surface area contributed by atoms with Crippen molar-refractivity contribution in [3.8, 4) is 0 Å².